The SMILES string of the molecule is Nc1cccc(CN2CCOCC2)c1Cl. The van der Waals surface area contributed by atoms with Crippen LogP contribution in [0.4, 0.5) is 5.69 Å². The van der Waals surface area contributed by atoms with E-state index in [9.17, 15) is 0 Å². The second-order valence-corrected chi connectivity index (χ2v) is 4.09. The van der Waals surface area contributed by atoms with Crippen molar-refractivity contribution in [2.75, 3.05) is 32.0 Å². The fourth-order valence-corrected chi connectivity index (χ4v) is 1.91. The van der Waals surface area contributed by atoms with Crippen molar-refractivity contribution in [2.45, 2.75) is 6.54 Å². The van der Waals surface area contributed by atoms with Crippen molar-refractivity contribution >= 4 is 17.3 Å². The second kappa shape index (κ2) is 4.84. The molecule has 0 aromatic heterocycles. The molecule has 1 aromatic rings. The molecule has 0 radical (unpaired) electrons. The number of halogens is 1. The van der Waals surface area contributed by atoms with Gasteiger partial charge in [0.2, 0.25) is 0 Å². The number of hydrogen-bond donors (Lipinski definition) is 1. The summed E-state index contributed by atoms with van der Waals surface area (Å²) in [6.07, 6.45) is 0. The van der Waals surface area contributed by atoms with Crippen molar-refractivity contribution in [1.29, 1.82) is 0 Å². The molecule has 1 fully saturated rings. The fraction of sp³-hybridized carbons (Fsp3) is 0.455. The third-order valence-corrected chi connectivity index (χ3v) is 3.07. The molecule has 1 saturated heterocycles. The van der Waals surface area contributed by atoms with Crippen LogP contribution in [0.1, 0.15) is 5.56 Å². The average Bonchev–Trinajstić information content (AvgIpc) is 2.26. The Hall–Kier alpha value is -0.770. The summed E-state index contributed by atoms with van der Waals surface area (Å²) >= 11 is 6.13. The molecule has 0 bridgehead atoms. The van der Waals surface area contributed by atoms with Crippen molar-refractivity contribution in [3.05, 3.63) is 28.8 Å². The zero-order chi connectivity index (χ0) is 10.7. The van der Waals surface area contributed by atoms with E-state index in [4.69, 9.17) is 22.1 Å². The van der Waals surface area contributed by atoms with Gasteiger partial charge >= 0.3 is 0 Å². The highest BCUT2D eigenvalue weighted by Crippen LogP contribution is 2.24. The molecule has 0 aliphatic carbocycles. The summed E-state index contributed by atoms with van der Waals surface area (Å²) in [6, 6.07) is 5.79. The Kier molecular flexibility index (Phi) is 3.46. The topological polar surface area (TPSA) is 38.5 Å². The number of hydrogen-bond acceptors (Lipinski definition) is 3. The highest BCUT2D eigenvalue weighted by molar-refractivity contribution is 6.33. The third-order valence-electron chi connectivity index (χ3n) is 2.61. The van der Waals surface area contributed by atoms with E-state index in [2.05, 4.69) is 4.90 Å². The minimum absolute atomic E-state index is 0.655. The standard InChI is InChI=1S/C11H15ClN2O/c12-11-9(2-1-3-10(11)13)8-14-4-6-15-7-5-14/h1-3H,4-8,13H2. The number of rotatable bonds is 2. The highest BCUT2D eigenvalue weighted by Gasteiger charge is 2.12. The molecule has 82 valence electrons. The van der Waals surface area contributed by atoms with Gasteiger partial charge in [0.1, 0.15) is 0 Å². The Morgan fingerprint density at radius 1 is 1.33 bits per heavy atom. The molecule has 0 unspecified atom stereocenters. The lowest BCUT2D eigenvalue weighted by molar-refractivity contribution is 0.0342. The van der Waals surface area contributed by atoms with Crippen molar-refractivity contribution < 1.29 is 4.74 Å². The van der Waals surface area contributed by atoms with E-state index >= 15 is 0 Å². The van der Waals surface area contributed by atoms with Crippen LogP contribution in [0.5, 0.6) is 0 Å². The van der Waals surface area contributed by atoms with Gasteiger partial charge < -0.3 is 10.5 Å². The molecule has 1 aromatic carbocycles. The predicted molar refractivity (Wildman–Crippen MR) is 62.0 cm³/mol. The van der Waals surface area contributed by atoms with Crippen molar-refractivity contribution in [3.63, 3.8) is 0 Å². The first-order valence-electron chi connectivity index (χ1n) is 5.10. The molecule has 3 nitrogen and oxygen atoms in total. The molecule has 1 heterocycles. The Bertz CT molecular complexity index is 337. The molecule has 0 saturated carbocycles. The van der Waals surface area contributed by atoms with E-state index in [0.717, 1.165) is 38.4 Å². The summed E-state index contributed by atoms with van der Waals surface area (Å²) < 4.78 is 5.29. The molecule has 2 N–H and O–H groups in total. The second-order valence-electron chi connectivity index (χ2n) is 3.71. The van der Waals surface area contributed by atoms with Gasteiger partial charge in [0.15, 0.2) is 0 Å². The smallest absolute Gasteiger partial charge is 0.0680 e. The normalized spacial score (nSPS) is 17.9. The van der Waals surface area contributed by atoms with Gasteiger partial charge in [-0.05, 0) is 11.6 Å². The van der Waals surface area contributed by atoms with Gasteiger partial charge in [-0.3, -0.25) is 4.90 Å². The molecule has 4 heteroatoms. The largest absolute Gasteiger partial charge is 0.398 e. The number of anilines is 1. The number of morpholine rings is 1. The first-order chi connectivity index (χ1) is 7.27. The van der Waals surface area contributed by atoms with E-state index in [0.29, 0.717) is 10.7 Å². The van der Waals surface area contributed by atoms with Gasteiger partial charge in [-0.15, -0.1) is 0 Å². The Morgan fingerprint density at radius 3 is 2.80 bits per heavy atom. The lowest BCUT2D eigenvalue weighted by Crippen LogP contribution is -2.35. The minimum Gasteiger partial charge on any atom is -0.398 e. The maximum Gasteiger partial charge on any atom is 0.0680 e. The summed E-state index contributed by atoms with van der Waals surface area (Å²) in [6.45, 7) is 4.39. The molecular formula is C11H15ClN2O. The van der Waals surface area contributed by atoms with E-state index in [1.54, 1.807) is 0 Å². The molecule has 0 amide bonds. The maximum atomic E-state index is 6.13. The third kappa shape index (κ3) is 2.62. The fourth-order valence-electron chi connectivity index (χ4n) is 1.72. The van der Waals surface area contributed by atoms with Crippen LogP contribution in [0, 0.1) is 0 Å². The monoisotopic (exact) mass is 226 g/mol. The van der Waals surface area contributed by atoms with Gasteiger partial charge in [-0.2, -0.15) is 0 Å². The lowest BCUT2D eigenvalue weighted by Gasteiger charge is -2.27. The minimum atomic E-state index is 0.655. The quantitative estimate of drug-likeness (QED) is 0.781. The van der Waals surface area contributed by atoms with Crippen molar-refractivity contribution in [2.24, 2.45) is 0 Å². The zero-order valence-electron chi connectivity index (χ0n) is 8.58. The maximum absolute atomic E-state index is 6.13. The Labute approximate surface area is 94.8 Å². The summed E-state index contributed by atoms with van der Waals surface area (Å²) in [5, 5.41) is 0.684. The van der Waals surface area contributed by atoms with Crippen LogP contribution in [0.3, 0.4) is 0 Å². The Morgan fingerprint density at radius 2 is 2.07 bits per heavy atom. The lowest BCUT2D eigenvalue weighted by atomic mass is 10.2. The van der Waals surface area contributed by atoms with Crippen LogP contribution in [-0.4, -0.2) is 31.2 Å². The number of nitrogen functional groups attached to an aromatic ring is 1. The van der Waals surface area contributed by atoms with Crippen LogP contribution in [0.15, 0.2) is 18.2 Å². The number of ether oxygens (including phenoxy) is 1. The van der Waals surface area contributed by atoms with Gasteiger partial charge in [-0.1, -0.05) is 23.7 Å². The van der Waals surface area contributed by atoms with Crippen LogP contribution < -0.4 is 5.73 Å². The molecule has 1 aliphatic heterocycles. The zero-order valence-corrected chi connectivity index (χ0v) is 9.33. The summed E-state index contributed by atoms with van der Waals surface area (Å²) in [5.41, 5.74) is 7.50. The van der Waals surface area contributed by atoms with Gasteiger partial charge in [-0.25, -0.2) is 0 Å². The summed E-state index contributed by atoms with van der Waals surface area (Å²) in [4.78, 5) is 2.32. The number of nitrogens with two attached hydrogens (primary N) is 1. The van der Waals surface area contributed by atoms with E-state index < -0.39 is 0 Å². The molecule has 2 rings (SSSR count). The van der Waals surface area contributed by atoms with Gasteiger partial charge in [0, 0.05) is 19.6 Å². The molecule has 0 spiro atoms. The molecule has 15 heavy (non-hydrogen) atoms. The highest BCUT2D eigenvalue weighted by atomic mass is 35.5. The van der Waals surface area contributed by atoms with E-state index in [-0.39, 0.29) is 0 Å². The molecule has 1 aliphatic rings. The van der Waals surface area contributed by atoms with E-state index in [1.165, 1.54) is 0 Å². The molecular weight excluding hydrogens is 212 g/mol. The number of benzene rings is 1. The summed E-state index contributed by atoms with van der Waals surface area (Å²) in [7, 11) is 0. The number of nitrogens with zero attached hydrogens (tertiary/aromatic N) is 1. The van der Waals surface area contributed by atoms with Gasteiger partial charge in [0.05, 0.1) is 23.9 Å². The van der Waals surface area contributed by atoms with E-state index in [1.807, 2.05) is 18.2 Å². The van der Waals surface area contributed by atoms with Crippen LogP contribution in [-0.2, 0) is 11.3 Å². The van der Waals surface area contributed by atoms with Crippen LogP contribution >= 0.6 is 11.6 Å². The summed E-state index contributed by atoms with van der Waals surface area (Å²) in [5.74, 6) is 0. The van der Waals surface area contributed by atoms with Crippen LogP contribution in [0.2, 0.25) is 5.02 Å². The first-order valence-corrected chi connectivity index (χ1v) is 5.48. The Balaban J connectivity index is 2.06. The van der Waals surface area contributed by atoms with Gasteiger partial charge in [0.25, 0.3) is 0 Å². The predicted octanol–water partition coefficient (Wildman–Crippen LogP) is 1.75. The first kappa shape index (κ1) is 10.7. The van der Waals surface area contributed by atoms with Crippen molar-refractivity contribution in [1.82, 2.24) is 4.90 Å². The average molecular weight is 227 g/mol. The van der Waals surface area contributed by atoms with Crippen molar-refractivity contribution in [3.8, 4) is 0 Å². The molecule has 0 atom stereocenters. The van der Waals surface area contributed by atoms with Crippen LogP contribution in [0.25, 0.3) is 0 Å².